The summed E-state index contributed by atoms with van der Waals surface area (Å²) in [7, 11) is -5.87. The molecule has 164 valence electrons. The summed E-state index contributed by atoms with van der Waals surface area (Å²) in [6.45, 7) is 5.51. The van der Waals surface area contributed by atoms with Crippen LogP contribution < -0.4 is 4.18 Å². The summed E-state index contributed by atoms with van der Waals surface area (Å²) in [4.78, 5) is 13.1. The molecule has 1 fully saturated rings. The molecule has 2 atom stereocenters. The summed E-state index contributed by atoms with van der Waals surface area (Å²) in [6.07, 6.45) is -1.04. The van der Waals surface area contributed by atoms with Crippen LogP contribution in [-0.4, -0.2) is 47.2 Å². The largest absolute Gasteiger partial charge is 0.534 e. The number of piperidine rings is 1. The Labute approximate surface area is 167 Å². The van der Waals surface area contributed by atoms with Gasteiger partial charge in [-0.2, -0.15) is 21.6 Å². The van der Waals surface area contributed by atoms with Gasteiger partial charge in [0.25, 0.3) is 0 Å². The second kappa shape index (κ2) is 7.67. The van der Waals surface area contributed by atoms with E-state index in [1.54, 1.807) is 20.8 Å². The predicted molar refractivity (Wildman–Crippen MR) is 97.8 cm³/mol. The van der Waals surface area contributed by atoms with Gasteiger partial charge in [0.2, 0.25) is 0 Å². The quantitative estimate of drug-likeness (QED) is 0.545. The number of carboxylic acid groups (broad SMARTS) is 1. The average Bonchev–Trinajstić information content (AvgIpc) is 2.58. The van der Waals surface area contributed by atoms with E-state index in [0.29, 0.717) is 19.3 Å². The number of aliphatic hydroxyl groups is 1. The van der Waals surface area contributed by atoms with E-state index >= 15 is 0 Å². The summed E-state index contributed by atoms with van der Waals surface area (Å²) in [5.74, 6) is -0.624. The molecule has 0 unspecified atom stereocenters. The van der Waals surface area contributed by atoms with Crippen LogP contribution in [0.4, 0.5) is 18.0 Å². The molecular formula is C18H24F3NO6S. The van der Waals surface area contributed by atoms with Crippen molar-refractivity contribution in [2.75, 3.05) is 6.54 Å². The zero-order valence-electron chi connectivity index (χ0n) is 16.2. The zero-order chi connectivity index (χ0) is 22.3. The minimum atomic E-state index is -5.87. The molecule has 1 aromatic carbocycles. The van der Waals surface area contributed by atoms with Crippen LogP contribution in [0.15, 0.2) is 24.3 Å². The average molecular weight is 439 g/mol. The molecule has 0 radical (unpaired) electrons. The maximum atomic E-state index is 12.6. The number of amides is 1. The zero-order valence-corrected chi connectivity index (χ0v) is 17.0. The molecule has 2 N–H and O–H groups in total. The van der Waals surface area contributed by atoms with Crippen molar-refractivity contribution in [3.63, 3.8) is 0 Å². The first-order chi connectivity index (χ1) is 13.1. The Balaban J connectivity index is 2.51. The Morgan fingerprint density at radius 2 is 1.86 bits per heavy atom. The Morgan fingerprint density at radius 3 is 2.38 bits per heavy atom. The highest BCUT2D eigenvalue weighted by molar-refractivity contribution is 7.88. The maximum Gasteiger partial charge on any atom is 0.534 e. The third-order valence-corrected chi connectivity index (χ3v) is 6.30. The van der Waals surface area contributed by atoms with Crippen molar-refractivity contribution in [3.05, 3.63) is 29.8 Å². The van der Waals surface area contributed by atoms with Gasteiger partial charge in [-0.3, -0.25) is 4.90 Å². The van der Waals surface area contributed by atoms with Crippen LogP contribution in [0.5, 0.6) is 5.75 Å². The molecule has 0 spiro atoms. The first-order valence-corrected chi connectivity index (χ1v) is 10.3. The van der Waals surface area contributed by atoms with Gasteiger partial charge in [0.05, 0.1) is 5.54 Å². The third kappa shape index (κ3) is 4.30. The lowest BCUT2D eigenvalue weighted by Gasteiger charge is -2.56. The van der Waals surface area contributed by atoms with Crippen LogP contribution in [0.3, 0.4) is 0 Å². The van der Waals surface area contributed by atoms with Crippen LogP contribution in [0.1, 0.15) is 51.7 Å². The number of likely N-dealkylation sites (tertiary alicyclic amines) is 1. The van der Waals surface area contributed by atoms with Gasteiger partial charge in [-0.15, -0.1) is 0 Å². The lowest BCUT2D eigenvalue weighted by Crippen LogP contribution is -2.64. The van der Waals surface area contributed by atoms with Crippen molar-refractivity contribution in [3.8, 4) is 5.75 Å². The lowest BCUT2D eigenvalue weighted by molar-refractivity contribution is -0.107. The number of hydrogen-bond acceptors (Lipinski definition) is 5. The molecule has 1 amide bonds. The number of nitrogens with zero attached hydrogens (tertiary/aromatic N) is 1. The van der Waals surface area contributed by atoms with E-state index in [9.17, 15) is 36.6 Å². The Hall–Kier alpha value is -2.01. The van der Waals surface area contributed by atoms with E-state index in [2.05, 4.69) is 4.18 Å². The van der Waals surface area contributed by atoms with Crippen molar-refractivity contribution in [2.24, 2.45) is 5.41 Å². The SMILES string of the molecule is CC(C)(C)[C@]1([C@@H](O)c2cccc(OS(=O)(=O)C(F)(F)F)c2)CCCCN1C(=O)O. The van der Waals surface area contributed by atoms with Gasteiger partial charge >= 0.3 is 21.7 Å². The van der Waals surface area contributed by atoms with Crippen LogP contribution >= 0.6 is 0 Å². The minimum absolute atomic E-state index is 0.0583. The molecule has 1 aliphatic heterocycles. The number of benzene rings is 1. The molecule has 0 aliphatic carbocycles. The lowest BCUT2D eigenvalue weighted by atomic mass is 9.63. The molecule has 1 aromatic rings. The summed E-state index contributed by atoms with van der Waals surface area (Å²) in [6, 6.07) is 4.62. The summed E-state index contributed by atoms with van der Waals surface area (Å²) < 4.78 is 64.5. The maximum absolute atomic E-state index is 12.6. The van der Waals surface area contributed by atoms with Crippen LogP contribution in [-0.2, 0) is 10.1 Å². The van der Waals surface area contributed by atoms with Crippen molar-refractivity contribution in [1.29, 1.82) is 0 Å². The number of alkyl halides is 3. The molecule has 1 heterocycles. The topological polar surface area (TPSA) is 104 Å². The van der Waals surface area contributed by atoms with Gasteiger partial charge in [-0.05, 0) is 42.4 Å². The monoisotopic (exact) mass is 439 g/mol. The van der Waals surface area contributed by atoms with Gasteiger partial charge in [-0.25, -0.2) is 4.79 Å². The predicted octanol–water partition coefficient (Wildman–Crippen LogP) is 3.90. The smallest absolute Gasteiger partial charge is 0.465 e. The van der Waals surface area contributed by atoms with Crippen LogP contribution in [0.25, 0.3) is 0 Å². The molecule has 1 aliphatic rings. The van der Waals surface area contributed by atoms with Crippen molar-refractivity contribution in [2.45, 2.75) is 57.2 Å². The van der Waals surface area contributed by atoms with E-state index in [1.165, 1.54) is 17.0 Å². The molecule has 29 heavy (non-hydrogen) atoms. The van der Waals surface area contributed by atoms with Gasteiger partial charge < -0.3 is 14.4 Å². The van der Waals surface area contributed by atoms with Crippen molar-refractivity contribution < 1.29 is 40.8 Å². The fourth-order valence-electron chi connectivity index (χ4n) is 3.93. The highest BCUT2D eigenvalue weighted by Crippen LogP contribution is 2.50. The number of halogens is 3. The third-order valence-electron chi connectivity index (χ3n) is 5.32. The highest BCUT2D eigenvalue weighted by Gasteiger charge is 2.55. The fraction of sp³-hybridized carbons (Fsp3) is 0.611. The molecule has 11 heteroatoms. The van der Waals surface area contributed by atoms with E-state index in [1.807, 2.05) is 0 Å². The molecule has 0 bridgehead atoms. The summed E-state index contributed by atoms with van der Waals surface area (Å²) in [5.41, 5.74) is -7.54. The van der Waals surface area contributed by atoms with Crippen LogP contribution in [0.2, 0.25) is 0 Å². The van der Waals surface area contributed by atoms with Crippen LogP contribution in [0, 0.1) is 5.41 Å². The van der Waals surface area contributed by atoms with E-state index in [4.69, 9.17) is 0 Å². The highest BCUT2D eigenvalue weighted by atomic mass is 32.2. The second-order valence-electron chi connectivity index (χ2n) is 8.02. The molecule has 2 rings (SSSR count). The van der Waals surface area contributed by atoms with Gasteiger partial charge in [0.1, 0.15) is 11.9 Å². The first kappa shape index (κ1) is 23.3. The number of hydrogen-bond donors (Lipinski definition) is 2. The van der Waals surface area contributed by atoms with E-state index < -0.39 is 44.5 Å². The number of carbonyl (C=O) groups is 1. The van der Waals surface area contributed by atoms with Gasteiger partial charge in [0, 0.05) is 6.54 Å². The summed E-state index contributed by atoms with van der Waals surface area (Å²) >= 11 is 0. The number of aliphatic hydroxyl groups excluding tert-OH is 1. The molecule has 0 saturated carbocycles. The Morgan fingerprint density at radius 1 is 1.24 bits per heavy atom. The van der Waals surface area contributed by atoms with Crippen molar-refractivity contribution >= 4 is 16.2 Å². The fourth-order valence-corrected chi connectivity index (χ4v) is 4.38. The van der Waals surface area contributed by atoms with Gasteiger partial charge in [-0.1, -0.05) is 32.9 Å². The van der Waals surface area contributed by atoms with E-state index in [0.717, 1.165) is 12.1 Å². The number of rotatable bonds is 4. The second-order valence-corrected chi connectivity index (χ2v) is 9.56. The molecule has 0 aromatic heterocycles. The summed E-state index contributed by atoms with van der Waals surface area (Å²) in [5, 5.41) is 20.9. The van der Waals surface area contributed by atoms with Gasteiger partial charge in [0.15, 0.2) is 0 Å². The van der Waals surface area contributed by atoms with Crippen molar-refractivity contribution in [1.82, 2.24) is 4.90 Å². The molecule has 1 saturated heterocycles. The Bertz CT molecular complexity index is 865. The molecular weight excluding hydrogens is 415 g/mol. The first-order valence-electron chi connectivity index (χ1n) is 8.93. The Kier molecular flexibility index (Phi) is 6.16. The van der Waals surface area contributed by atoms with E-state index in [-0.39, 0.29) is 12.1 Å². The minimum Gasteiger partial charge on any atom is -0.465 e. The molecule has 7 nitrogen and oxygen atoms in total. The standard InChI is InChI=1S/C18H24F3NO6S/c1-16(2,3)17(9-4-5-10-22(17)15(24)25)14(23)12-7-6-8-13(11-12)28-29(26,27)18(19,20)21/h6-8,11,14,23H,4-5,9-10H2,1-3H3,(H,24,25)/t14-,17+/m0/s1. The normalized spacial score (nSPS) is 22.2.